The molecule has 0 aliphatic carbocycles. The van der Waals surface area contributed by atoms with Crippen molar-refractivity contribution in [2.75, 3.05) is 6.54 Å². The Morgan fingerprint density at radius 1 is 1.32 bits per heavy atom. The van der Waals surface area contributed by atoms with Crippen LogP contribution < -0.4 is 5.32 Å². The van der Waals surface area contributed by atoms with Crippen molar-refractivity contribution in [3.63, 3.8) is 0 Å². The Kier molecular flexibility index (Phi) is 5.80. The molecular formula is C11H9I3N4O. The Labute approximate surface area is 151 Å². The zero-order valence-electron chi connectivity index (χ0n) is 9.58. The SMILES string of the molecule is O=C(NCCc1ncn[nH]1)c1cc(I)cc(I)c1I. The highest BCUT2D eigenvalue weighted by Gasteiger charge is 2.13. The monoisotopic (exact) mass is 594 g/mol. The first kappa shape index (κ1) is 15.4. The maximum atomic E-state index is 12.1. The summed E-state index contributed by atoms with van der Waals surface area (Å²) in [5, 5.41) is 9.42. The van der Waals surface area contributed by atoms with E-state index in [1.807, 2.05) is 12.1 Å². The molecule has 0 atom stereocenters. The maximum absolute atomic E-state index is 12.1. The molecule has 100 valence electrons. The molecule has 0 aliphatic heterocycles. The van der Waals surface area contributed by atoms with Gasteiger partial charge in [-0.15, -0.1) is 0 Å². The highest BCUT2D eigenvalue weighted by molar-refractivity contribution is 14.1. The van der Waals surface area contributed by atoms with Crippen LogP contribution in [-0.2, 0) is 6.42 Å². The molecule has 2 rings (SSSR count). The molecule has 0 bridgehead atoms. The quantitative estimate of drug-likeness (QED) is 0.423. The summed E-state index contributed by atoms with van der Waals surface area (Å²) < 4.78 is 3.13. The standard InChI is InChI=1S/C11H9I3N4O/c12-6-3-7(10(14)8(13)4-6)11(19)15-2-1-9-16-5-17-18-9/h3-5H,1-2H2,(H,15,19)(H,16,17,18). The number of nitrogens with one attached hydrogen (secondary N) is 2. The molecule has 0 fully saturated rings. The number of carbonyl (C=O) groups excluding carboxylic acids is 1. The number of hydrogen-bond acceptors (Lipinski definition) is 3. The van der Waals surface area contributed by atoms with E-state index in [1.54, 1.807) is 0 Å². The molecule has 2 aromatic rings. The van der Waals surface area contributed by atoms with E-state index in [1.165, 1.54) is 6.33 Å². The van der Waals surface area contributed by atoms with Crippen molar-refractivity contribution in [3.8, 4) is 0 Å². The van der Waals surface area contributed by atoms with Crippen LogP contribution in [0.2, 0.25) is 0 Å². The Balaban J connectivity index is 2.00. The van der Waals surface area contributed by atoms with E-state index in [-0.39, 0.29) is 5.91 Å². The van der Waals surface area contributed by atoms with E-state index in [4.69, 9.17) is 0 Å². The van der Waals surface area contributed by atoms with E-state index in [0.29, 0.717) is 13.0 Å². The van der Waals surface area contributed by atoms with Gasteiger partial charge >= 0.3 is 0 Å². The van der Waals surface area contributed by atoms with Gasteiger partial charge in [-0.3, -0.25) is 9.89 Å². The number of halogens is 3. The molecule has 0 radical (unpaired) electrons. The molecular weight excluding hydrogens is 585 g/mol. The predicted octanol–water partition coefficient (Wildman–Crippen LogP) is 2.59. The zero-order chi connectivity index (χ0) is 13.8. The Morgan fingerprint density at radius 2 is 2.11 bits per heavy atom. The number of aromatic amines is 1. The van der Waals surface area contributed by atoms with Gasteiger partial charge in [0.25, 0.3) is 5.91 Å². The number of amides is 1. The molecule has 0 unspecified atom stereocenters. The van der Waals surface area contributed by atoms with E-state index >= 15 is 0 Å². The van der Waals surface area contributed by atoms with Crippen LogP contribution in [0.3, 0.4) is 0 Å². The zero-order valence-corrected chi connectivity index (χ0v) is 16.1. The molecule has 8 heteroatoms. The minimum absolute atomic E-state index is 0.0552. The van der Waals surface area contributed by atoms with Gasteiger partial charge in [-0.2, -0.15) is 5.10 Å². The van der Waals surface area contributed by atoms with E-state index in [9.17, 15) is 4.79 Å². The summed E-state index contributed by atoms with van der Waals surface area (Å²) in [6, 6.07) is 3.95. The summed E-state index contributed by atoms with van der Waals surface area (Å²) in [6.07, 6.45) is 2.10. The fourth-order valence-corrected chi connectivity index (χ4v) is 3.86. The molecule has 1 aromatic carbocycles. The van der Waals surface area contributed by atoms with E-state index < -0.39 is 0 Å². The fraction of sp³-hybridized carbons (Fsp3) is 0.182. The normalized spacial score (nSPS) is 10.5. The average Bonchev–Trinajstić information content (AvgIpc) is 2.86. The molecule has 0 saturated heterocycles. The lowest BCUT2D eigenvalue weighted by atomic mass is 10.2. The number of rotatable bonds is 4. The topological polar surface area (TPSA) is 70.7 Å². The number of hydrogen-bond donors (Lipinski definition) is 2. The van der Waals surface area contributed by atoms with Gasteiger partial charge in [-0.1, -0.05) is 0 Å². The van der Waals surface area contributed by atoms with Crippen molar-refractivity contribution in [2.24, 2.45) is 0 Å². The summed E-state index contributed by atoms with van der Waals surface area (Å²) in [4.78, 5) is 16.1. The third-order valence-corrected chi connectivity index (χ3v) is 6.02. The van der Waals surface area contributed by atoms with Gasteiger partial charge in [0, 0.05) is 23.7 Å². The number of benzene rings is 1. The predicted molar refractivity (Wildman–Crippen MR) is 97.0 cm³/mol. The second kappa shape index (κ2) is 7.15. The van der Waals surface area contributed by atoms with Crippen LogP contribution in [0, 0.1) is 10.7 Å². The lowest BCUT2D eigenvalue weighted by Gasteiger charge is -2.08. The number of aromatic nitrogens is 3. The summed E-state index contributed by atoms with van der Waals surface area (Å²) in [6.45, 7) is 0.534. The van der Waals surface area contributed by atoms with Crippen LogP contribution in [-0.4, -0.2) is 27.6 Å². The Hall–Kier alpha value is 0.0200. The first-order chi connectivity index (χ1) is 9.08. The minimum atomic E-state index is -0.0552. The summed E-state index contributed by atoms with van der Waals surface area (Å²) in [7, 11) is 0. The van der Waals surface area contributed by atoms with Gasteiger partial charge in [-0.25, -0.2) is 4.98 Å². The van der Waals surface area contributed by atoms with Crippen LogP contribution >= 0.6 is 67.8 Å². The molecule has 0 saturated carbocycles. The highest BCUT2D eigenvalue weighted by atomic mass is 127. The molecule has 1 amide bonds. The Bertz CT molecular complexity index is 586. The summed E-state index contributed by atoms with van der Waals surface area (Å²) >= 11 is 6.65. The first-order valence-electron chi connectivity index (χ1n) is 5.35. The third-order valence-electron chi connectivity index (χ3n) is 2.35. The lowest BCUT2D eigenvalue weighted by molar-refractivity contribution is 0.0953. The number of nitrogens with zero attached hydrogens (tertiary/aromatic N) is 2. The molecule has 19 heavy (non-hydrogen) atoms. The van der Waals surface area contributed by atoms with Crippen molar-refractivity contribution in [3.05, 3.63) is 40.6 Å². The van der Waals surface area contributed by atoms with Crippen molar-refractivity contribution in [1.29, 1.82) is 0 Å². The summed E-state index contributed by atoms with van der Waals surface area (Å²) in [5.41, 5.74) is 0.717. The molecule has 0 spiro atoms. The molecule has 1 heterocycles. The van der Waals surface area contributed by atoms with Crippen molar-refractivity contribution >= 4 is 73.7 Å². The average molecular weight is 594 g/mol. The van der Waals surface area contributed by atoms with E-state index in [2.05, 4.69) is 88.3 Å². The number of H-pyrrole nitrogens is 1. The molecule has 1 aromatic heterocycles. The first-order valence-corrected chi connectivity index (χ1v) is 8.58. The highest BCUT2D eigenvalue weighted by Crippen LogP contribution is 2.22. The van der Waals surface area contributed by atoms with Crippen LogP contribution in [0.4, 0.5) is 0 Å². The van der Waals surface area contributed by atoms with E-state index in [0.717, 1.165) is 22.1 Å². The molecule has 0 aliphatic rings. The fourth-order valence-electron chi connectivity index (χ4n) is 1.46. The van der Waals surface area contributed by atoms with Crippen LogP contribution in [0.5, 0.6) is 0 Å². The lowest BCUT2D eigenvalue weighted by Crippen LogP contribution is -2.27. The summed E-state index contributed by atoms with van der Waals surface area (Å²) in [5.74, 6) is 0.715. The Morgan fingerprint density at radius 3 is 2.79 bits per heavy atom. The molecule has 2 N–H and O–H groups in total. The smallest absolute Gasteiger partial charge is 0.252 e. The van der Waals surface area contributed by atoms with Gasteiger partial charge in [0.15, 0.2) is 0 Å². The second-order valence-electron chi connectivity index (χ2n) is 3.69. The van der Waals surface area contributed by atoms with Crippen LogP contribution in [0.15, 0.2) is 18.5 Å². The van der Waals surface area contributed by atoms with Crippen LogP contribution in [0.25, 0.3) is 0 Å². The van der Waals surface area contributed by atoms with Crippen LogP contribution in [0.1, 0.15) is 16.2 Å². The third kappa shape index (κ3) is 4.24. The van der Waals surface area contributed by atoms with Gasteiger partial charge in [0.05, 0.1) is 5.56 Å². The minimum Gasteiger partial charge on any atom is -0.352 e. The van der Waals surface area contributed by atoms with Gasteiger partial charge in [-0.05, 0) is 79.9 Å². The maximum Gasteiger partial charge on any atom is 0.252 e. The van der Waals surface area contributed by atoms with Crippen molar-refractivity contribution < 1.29 is 4.79 Å². The second-order valence-corrected chi connectivity index (χ2v) is 7.17. The molecule has 5 nitrogen and oxygen atoms in total. The van der Waals surface area contributed by atoms with Crippen molar-refractivity contribution in [2.45, 2.75) is 6.42 Å². The number of carbonyl (C=O) groups is 1. The van der Waals surface area contributed by atoms with Gasteiger partial charge in [0.1, 0.15) is 12.2 Å². The van der Waals surface area contributed by atoms with Gasteiger partial charge < -0.3 is 5.32 Å². The van der Waals surface area contributed by atoms with Gasteiger partial charge in [0.2, 0.25) is 0 Å². The largest absolute Gasteiger partial charge is 0.352 e. The van der Waals surface area contributed by atoms with Crippen molar-refractivity contribution in [1.82, 2.24) is 20.5 Å².